The summed E-state index contributed by atoms with van der Waals surface area (Å²) in [5.74, 6) is 1.09. The van der Waals surface area contributed by atoms with E-state index in [0.717, 1.165) is 34.3 Å². The fourth-order valence-electron chi connectivity index (χ4n) is 2.74. The van der Waals surface area contributed by atoms with Crippen molar-refractivity contribution in [1.29, 1.82) is 0 Å². The molecule has 2 aromatic carbocycles. The fraction of sp³-hybridized carbons (Fsp3) is 0.273. The Morgan fingerprint density at radius 2 is 1.81 bits per heavy atom. The molecule has 3 rings (SSSR count). The van der Waals surface area contributed by atoms with Crippen molar-refractivity contribution < 1.29 is 14.3 Å². The van der Waals surface area contributed by atoms with Gasteiger partial charge in [-0.1, -0.05) is 32.0 Å². The van der Waals surface area contributed by atoms with Crippen LogP contribution in [0.2, 0.25) is 0 Å². The van der Waals surface area contributed by atoms with Crippen LogP contribution in [0.5, 0.6) is 5.75 Å². The first-order valence-corrected chi connectivity index (χ1v) is 8.80. The van der Waals surface area contributed by atoms with Crippen LogP contribution in [0.4, 0.5) is 0 Å². The van der Waals surface area contributed by atoms with Gasteiger partial charge in [0.25, 0.3) is 0 Å². The zero-order valence-corrected chi connectivity index (χ0v) is 15.4. The molecule has 26 heavy (non-hydrogen) atoms. The van der Waals surface area contributed by atoms with Gasteiger partial charge >= 0.3 is 5.97 Å². The van der Waals surface area contributed by atoms with Crippen LogP contribution in [-0.4, -0.2) is 24.7 Å². The Balaban J connectivity index is 1.91. The van der Waals surface area contributed by atoms with E-state index in [1.807, 2.05) is 48.5 Å². The van der Waals surface area contributed by atoms with E-state index in [1.54, 1.807) is 6.07 Å². The molecule has 0 saturated carbocycles. The predicted molar refractivity (Wildman–Crippen MR) is 103 cm³/mol. The first-order chi connectivity index (χ1) is 12.6. The number of carbonyl (C=O) groups excluding carboxylic acids is 1. The third kappa shape index (κ3) is 4.02. The van der Waals surface area contributed by atoms with E-state index in [9.17, 15) is 4.79 Å². The van der Waals surface area contributed by atoms with Gasteiger partial charge in [0.1, 0.15) is 5.75 Å². The van der Waals surface area contributed by atoms with Gasteiger partial charge in [0.05, 0.1) is 30.5 Å². The van der Waals surface area contributed by atoms with Crippen LogP contribution in [0, 0.1) is 5.92 Å². The van der Waals surface area contributed by atoms with Crippen molar-refractivity contribution in [2.45, 2.75) is 20.3 Å². The minimum atomic E-state index is -0.363. The highest BCUT2D eigenvalue weighted by Crippen LogP contribution is 2.27. The second kappa shape index (κ2) is 8.00. The number of pyridine rings is 1. The minimum absolute atomic E-state index is 0.363. The second-order valence-electron chi connectivity index (χ2n) is 6.62. The molecule has 1 heterocycles. The van der Waals surface area contributed by atoms with Crippen molar-refractivity contribution in [3.63, 3.8) is 0 Å². The number of esters is 1. The molecule has 0 atom stereocenters. The van der Waals surface area contributed by atoms with E-state index < -0.39 is 0 Å². The van der Waals surface area contributed by atoms with Gasteiger partial charge in [-0.2, -0.15) is 0 Å². The molecule has 4 nitrogen and oxygen atoms in total. The van der Waals surface area contributed by atoms with Crippen molar-refractivity contribution >= 4 is 16.9 Å². The summed E-state index contributed by atoms with van der Waals surface area (Å²) in [6.45, 7) is 5.06. The van der Waals surface area contributed by atoms with E-state index in [0.29, 0.717) is 18.1 Å². The number of hydrogen-bond donors (Lipinski definition) is 0. The summed E-state index contributed by atoms with van der Waals surface area (Å²) in [4.78, 5) is 16.9. The number of benzene rings is 2. The maximum Gasteiger partial charge on any atom is 0.338 e. The molecule has 0 N–H and O–H groups in total. The fourth-order valence-corrected chi connectivity index (χ4v) is 2.74. The summed E-state index contributed by atoms with van der Waals surface area (Å²) in [5.41, 5.74) is 2.95. The summed E-state index contributed by atoms with van der Waals surface area (Å²) in [7, 11) is 1.39. The minimum Gasteiger partial charge on any atom is -0.494 e. The molecule has 0 saturated heterocycles. The average Bonchev–Trinajstić information content (AvgIpc) is 2.66. The Labute approximate surface area is 153 Å². The van der Waals surface area contributed by atoms with Crippen molar-refractivity contribution in [1.82, 2.24) is 4.98 Å². The van der Waals surface area contributed by atoms with E-state index in [4.69, 9.17) is 9.47 Å². The molecule has 1 aromatic heterocycles. The molecule has 0 radical (unpaired) electrons. The lowest BCUT2D eigenvalue weighted by Crippen LogP contribution is -2.04. The summed E-state index contributed by atoms with van der Waals surface area (Å²) >= 11 is 0. The molecule has 0 fully saturated rings. The van der Waals surface area contributed by atoms with E-state index >= 15 is 0 Å². The normalized spacial score (nSPS) is 10.9. The topological polar surface area (TPSA) is 48.4 Å². The third-order valence-electron chi connectivity index (χ3n) is 4.24. The van der Waals surface area contributed by atoms with Crippen molar-refractivity contribution in [3.05, 3.63) is 60.2 Å². The summed E-state index contributed by atoms with van der Waals surface area (Å²) in [6, 6.07) is 17.1. The first kappa shape index (κ1) is 17.9. The molecule has 0 amide bonds. The first-order valence-electron chi connectivity index (χ1n) is 8.80. The maximum absolute atomic E-state index is 12.2. The van der Waals surface area contributed by atoms with Crippen LogP contribution < -0.4 is 4.74 Å². The number of rotatable bonds is 6. The third-order valence-corrected chi connectivity index (χ3v) is 4.24. The monoisotopic (exact) mass is 349 g/mol. The lowest BCUT2D eigenvalue weighted by molar-refractivity contribution is 0.0603. The van der Waals surface area contributed by atoms with Gasteiger partial charge in [-0.25, -0.2) is 9.78 Å². The number of ether oxygens (including phenoxy) is 2. The molecule has 0 aliphatic carbocycles. The zero-order chi connectivity index (χ0) is 18.5. The molecule has 4 heteroatoms. The molecule has 134 valence electrons. The quantitative estimate of drug-likeness (QED) is 0.580. The zero-order valence-electron chi connectivity index (χ0n) is 15.4. The SMILES string of the molecule is COC(=O)c1cc(-c2ccc(OCCC(C)C)cc2)nc2ccccc12. The van der Waals surface area contributed by atoms with Gasteiger partial charge in [-0.05, 0) is 48.7 Å². The largest absolute Gasteiger partial charge is 0.494 e. The highest BCUT2D eigenvalue weighted by atomic mass is 16.5. The molecule has 0 bridgehead atoms. The van der Waals surface area contributed by atoms with Gasteiger partial charge in [0, 0.05) is 10.9 Å². The maximum atomic E-state index is 12.2. The Morgan fingerprint density at radius 1 is 1.08 bits per heavy atom. The molecule has 0 spiro atoms. The van der Waals surface area contributed by atoms with Crippen LogP contribution in [0.15, 0.2) is 54.6 Å². The number of fused-ring (bicyclic) bond motifs is 1. The lowest BCUT2D eigenvalue weighted by Gasteiger charge is -2.10. The van der Waals surface area contributed by atoms with Gasteiger partial charge < -0.3 is 9.47 Å². The van der Waals surface area contributed by atoms with Crippen molar-refractivity contribution in [2.24, 2.45) is 5.92 Å². The van der Waals surface area contributed by atoms with Crippen LogP contribution in [0.25, 0.3) is 22.2 Å². The molecular weight excluding hydrogens is 326 g/mol. The highest BCUT2D eigenvalue weighted by Gasteiger charge is 2.14. The van der Waals surface area contributed by atoms with Gasteiger partial charge in [0.15, 0.2) is 0 Å². The average molecular weight is 349 g/mol. The van der Waals surface area contributed by atoms with Gasteiger partial charge in [-0.15, -0.1) is 0 Å². The van der Waals surface area contributed by atoms with Crippen molar-refractivity contribution in [3.8, 4) is 17.0 Å². The number of methoxy groups -OCH3 is 1. The van der Waals surface area contributed by atoms with Crippen LogP contribution >= 0.6 is 0 Å². The summed E-state index contributed by atoms with van der Waals surface area (Å²) in [5, 5.41) is 0.789. The molecule has 0 aliphatic heterocycles. The van der Waals surface area contributed by atoms with Gasteiger partial charge in [-0.3, -0.25) is 0 Å². The highest BCUT2D eigenvalue weighted by molar-refractivity contribution is 6.04. The Kier molecular flexibility index (Phi) is 5.52. The van der Waals surface area contributed by atoms with E-state index in [-0.39, 0.29) is 5.97 Å². The Bertz CT molecular complexity index is 901. The Morgan fingerprint density at radius 3 is 2.50 bits per heavy atom. The van der Waals surface area contributed by atoms with Crippen molar-refractivity contribution in [2.75, 3.05) is 13.7 Å². The molecular formula is C22H23NO3. The standard InChI is InChI=1S/C22H23NO3/c1-15(2)12-13-26-17-10-8-16(9-11-17)21-14-19(22(24)25-3)18-6-4-5-7-20(18)23-21/h4-11,14-15H,12-13H2,1-3H3. The van der Waals surface area contributed by atoms with E-state index in [2.05, 4.69) is 18.8 Å². The van der Waals surface area contributed by atoms with E-state index in [1.165, 1.54) is 7.11 Å². The molecule has 3 aromatic rings. The summed E-state index contributed by atoms with van der Waals surface area (Å²) < 4.78 is 10.7. The smallest absolute Gasteiger partial charge is 0.338 e. The number of nitrogens with zero attached hydrogens (tertiary/aromatic N) is 1. The number of hydrogen-bond acceptors (Lipinski definition) is 4. The van der Waals surface area contributed by atoms with Crippen LogP contribution in [0.1, 0.15) is 30.6 Å². The predicted octanol–water partition coefficient (Wildman–Crippen LogP) is 5.11. The molecule has 0 unspecified atom stereocenters. The Hall–Kier alpha value is -2.88. The lowest BCUT2D eigenvalue weighted by atomic mass is 10.0. The van der Waals surface area contributed by atoms with Crippen LogP contribution in [0.3, 0.4) is 0 Å². The number of carbonyl (C=O) groups is 1. The number of para-hydroxylation sites is 1. The van der Waals surface area contributed by atoms with Gasteiger partial charge in [0.2, 0.25) is 0 Å². The number of aromatic nitrogens is 1. The molecule has 0 aliphatic rings. The second-order valence-corrected chi connectivity index (χ2v) is 6.62. The summed E-state index contributed by atoms with van der Waals surface area (Å²) in [6.07, 6.45) is 1.02. The van der Waals surface area contributed by atoms with Crippen LogP contribution in [-0.2, 0) is 4.74 Å².